The maximum Gasteiger partial charge on any atom is 0.417 e. The summed E-state index contributed by atoms with van der Waals surface area (Å²) in [7, 11) is 4.73. The van der Waals surface area contributed by atoms with E-state index in [4.69, 9.17) is 21.1 Å². The average molecular weight is 427 g/mol. The molecule has 29 heavy (non-hydrogen) atoms. The highest BCUT2D eigenvalue weighted by Crippen LogP contribution is 2.34. The van der Waals surface area contributed by atoms with E-state index < -0.39 is 17.9 Å². The molecule has 2 atom stereocenters. The predicted molar refractivity (Wildman–Crippen MR) is 111 cm³/mol. The van der Waals surface area contributed by atoms with Crippen molar-refractivity contribution in [3.8, 4) is 5.75 Å². The van der Waals surface area contributed by atoms with Crippen LogP contribution in [-0.2, 0) is 20.7 Å². The van der Waals surface area contributed by atoms with Crippen LogP contribution in [0.3, 0.4) is 0 Å². The molecule has 1 amide bonds. The lowest BCUT2D eigenvalue weighted by atomic mass is 10.0. The molecule has 0 bridgehead atoms. The van der Waals surface area contributed by atoms with Crippen LogP contribution in [0, 0.1) is 0 Å². The number of amides is 1. The molecule has 0 aromatic heterocycles. The van der Waals surface area contributed by atoms with Crippen molar-refractivity contribution in [2.24, 2.45) is 0 Å². The summed E-state index contributed by atoms with van der Waals surface area (Å²) < 4.78 is 14.6. The Morgan fingerprint density at radius 3 is 2.62 bits per heavy atom. The molecule has 0 aliphatic carbocycles. The minimum Gasteiger partial charge on any atom is -0.495 e. The number of carbonyl (C=O) groups is 2. The van der Waals surface area contributed by atoms with E-state index in [2.05, 4.69) is 15.4 Å². The third-order valence-corrected chi connectivity index (χ3v) is 4.45. The number of aliphatic hydroxyl groups is 1. The number of halogens is 1. The highest BCUT2D eigenvalue weighted by atomic mass is 35.5. The van der Waals surface area contributed by atoms with Gasteiger partial charge in [-0.05, 0) is 38.0 Å². The molecule has 0 radical (unpaired) electrons. The zero-order chi connectivity index (χ0) is 22.0. The predicted octanol–water partition coefficient (Wildman–Crippen LogP) is 3.04. The normalized spacial score (nSPS) is 14.8. The zero-order valence-corrected chi connectivity index (χ0v) is 17.9. The molecule has 1 aromatic rings. The standard InChI is InChI=1S/C20H27ClN2O6/c1-13(9-14-10-15(22-3)18(21)16(11-14)27-4)7-6-8-17(28-5)20(2,26)23-19(25)29-12-24/h6-8,10-12,17,22,26H,9H2,1-5H3,(H,23,25)/b8-6+,13-7+/t17-,20?/m1/s1. The molecule has 0 aliphatic heterocycles. The molecule has 3 N–H and O–H groups in total. The van der Waals surface area contributed by atoms with Crippen molar-refractivity contribution in [3.05, 3.63) is 46.5 Å². The summed E-state index contributed by atoms with van der Waals surface area (Å²) in [6.45, 7) is 3.25. The van der Waals surface area contributed by atoms with Crippen LogP contribution < -0.4 is 15.4 Å². The molecule has 0 heterocycles. The topological polar surface area (TPSA) is 106 Å². The third kappa shape index (κ3) is 7.41. The largest absolute Gasteiger partial charge is 0.495 e. The van der Waals surface area contributed by atoms with Crippen molar-refractivity contribution in [3.63, 3.8) is 0 Å². The van der Waals surface area contributed by atoms with Gasteiger partial charge in [0.2, 0.25) is 0 Å². The Labute approximate surface area is 175 Å². The van der Waals surface area contributed by atoms with Crippen molar-refractivity contribution in [1.29, 1.82) is 0 Å². The van der Waals surface area contributed by atoms with E-state index in [0.29, 0.717) is 17.2 Å². The Morgan fingerprint density at radius 1 is 1.38 bits per heavy atom. The lowest BCUT2D eigenvalue weighted by Gasteiger charge is -2.29. The number of benzene rings is 1. The lowest BCUT2D eigenvalue weighted by molar-refractivity contribution is -0.124. The second-order valence-electron chi connectivity index (χ2n) is 6.41. The van der Waals surface area contributed by atoms with Crippen LogP contribution in [0.5, 0.6) is 5.75 Å². The van der Waals surface area contributed by atoms with Crippen LogP contribution in [0.15, 0.2) is 35.9 Å². The second-order valence-corrected chi connectivity index (χ2v) is 6.79. The molecule has 8 nitrogen and oxygen atoms in total. The molecular formula is C20H27ClN2O6. The van der Waals surface area contributed by atoms with Gasteiger partial charge in [0.05, 0.1) is 12.8 Å². The van der Waals surface area contributed by atoms with Gasteiger partial charge in [0, 0.05) is 14.2 Å². The number of nitrogens with one attached hydrogen (secondary N) is 2. The van der Waals surface area contributed by atoms with Gasteiger partial charge in [-0.1, -0.05) is 35.4 Å². The van der Waals surface area contributed by atoms with Crippen molar-refractivity contribution >= 4 is 29.9 Å². The number of alkyl carbamates (subject to hydrolysis) is 1. The summed E-state index contributed by atoms with van der Waals surface area (Å²) in [5.74, 6) is 0.584. The van der Waals surface area contributed by atoms with E-state index in [-0.39, 0.29) is 6.47 Å². The number of hydrogen-bond acceptors (Lipinski definition) is 7. The summed E-state index contributed by atoms with van der Waals surface area (Å²) in [6, 6.07) is 3.81. The first-order chi connectivity index (χ1) is 13.7. The van der Waals surface area contributed by atoms with Gasteiger partial charge in [-0.15, -0.1) is 0 Å². The number of hydrogen-bond donors (Lipinski definition) is 3. The van der Waals surface area contributed by atoms with E-state index in [1.54, 1.807) is 26.3 Å². The van der Waals surface area contributed by atoms with Crippen molar-refractivity contribution < 1.29 is 28.9 Å². The zero-order valence-electron chi connectivity index (χ0n) is 17.1. The van der Waals surface area contributed by atoms with E-state index in [9.17, 15) is 14.7 Å². The van der Waals surface area contributed by atoms with Crippen molar-refractivity contribution in [1.82, 2.24) is 5.32 Å². The molecule has 160 valence electrons. The Bertz CT molecular complexity index is 751. The van der Waals surface area contributed by atoms with Gasteiger partial charge in [0.25, 0.3) is 0 Å². The highest BCUT2D eigenvalue weighted by molar-refractivity contribution is 6.34. The molecule has 9 heteroatoms. The fourth-order valence-corrected chi connectivity index (χ4v) is 2.92. The number of ether oxygens (including phenoxy) is 3. The molecule has 0 saturated heterocycles. The van der Waals surface area contributed by atoms with Crippen LogP contribution in [0.4, 0.5) is 10.5 Å². The first-order valence-electron chi connectivity index (χ1n) is 8.74. The van der Waals surface area contributed by atoms with Crippen LogP contribution >= 0.6 is 11.6 Å². The maximum atomic E-state index is 11.4. The van der Waals surface area contributed by atoms with E-state index in [1.807, 2.05) is 25.1 Å². The van der Waals surface area contributed by atoms with Gasteiger partial charge in [0.1, 0.15) is 16.9 Å². The smallest absolute Gasteiger partial charge is 0.417 e. The van der Waals surface area contributed by atoms with Gasteiger partial charge in [-0.3, -0.25) is 10.1 Å². The molecule has 0 aliphatic rings. The fraction of sp³-hybridized carbons (Fsp3) is 0.400. The quantitative estimate of drug-likeness (QED) is 0.228. The molecule has 0 saturated carbocycles. The average Bonchev–Trinajstić information content (AvgIpc) is 2.65. The van der Waals surface area contributed by atoms with E-state index in [1.165, 1.54) is 14.0 Å². The van der Waals surface area contributed by atoms with Gasteiger partial charge in [0.15, 0.2) is 5.72 Å². The van der Waals surface area contributed by atoms with Crippen LogP contribution in [0.1, 0.15) is 19.4 Å². The summed E-state index contributed by atoms with van der Waals surface area (Å²) in [4.78, 5) is 21.6. The molecule has 1 aromatic carbocycles. The molecular weight excluding hydrogens is 400 g/mol. The highest BCUT2D eigenvalue weighted by Gasteiger charge is 2.32. The number of anilines is 1. The summed E-state index contributed by atoms with van der Waals surface area (Å²) in [5.41, 5.74) is 1.02. The Balaban J connectivity index is 2.89. The van der Waals surface area contributed by atoms with Crippen molar-refractivity contribution in [2.45, 2.75) is 32.1 Å². The Kier molecular flexibility index (Phi) is 9.67. The first kappa shape index (κ1) is 24.5. The van der Waals surface area contributed by atoms with E-state index in [0.717, 1.165) is 16.8 Å². The van der Waals surface area contributed by atoms with Gasteiger partial charge >= 0.3 is 12.6 Å². The van der Waals surface area contributed by atoms with Crippen LogP contribution in [-0.4, -0.2) is 50.8 Å². The monoisotopic (exact) mass is 426 g/mol. The minimum atomic E-state index is -1.78. The number of rotatable bonds is 10. The minimum absolute atomic E-state index is 0.0274. The molecule has 0 fully saturated rings. The van der Waals surface area contributed by atoms with Crippen molar-refractivity contribution in [2.75, 3.05) is 26.6 Å². The maximum absolute atomic E-state index is 11.4. The second kappa shape index (κ2) is 11.5. The summed E-state index contributed by atoms with van der Waals surface area (Å²) in [6.07, 6.45) is 3.82. The van der Waals surface area contributed by atoms with E-state index >= 15 is 0 Å². The van der Waals surface area contributed by atoms with Gasteiger partial charge < -0.3 is 24.6 Å². The molecule has 0 spiro atoms. The summed E-state index contributed by atoms with van der Waals surface area (Å²) in [5, 5.41) is 16.1. The van der Waals surface area contributed by atoms with Gasteiger partial charge in [-0.25, -0.2) is 4.79 Å². The number of carbonyl (C=O) groups excluding carboxylic acids is 2. The number of allylic oxidation sites excluding steroid dienone is 3. The molecule has 1 rings (SSSR count). The SMILES string of the molecule is CNc1cc(C/C(C)=C/C=C/[C@@H](OC)C(C)(O)NC(=O)OC=O)cc(OC)c1Cl. The Morgan fingerprint density at radius 2 is 2.07 bits per heavy atom. The summed E-state index contributed by atoms with van der Waals surface area (Å²) >= 11 is 6.24. The third-order valence-electron chi connectivity index (χ3n) is 4.06. The number of methoxy groups -OCH3 is 2. The fourth-order valence-electron chi connectivity index (χ4n) is 2.64. The molecule has 1 unspecified atom stereocenters. The van der Waals surface area contributed by atoms with Gasteiger partial charge in [-0.2, -0.15) is 0 Å². The first-order valence-corrected chi connectivity index (χ1v) is 9.12. The Hall–Kier alpha value is -2.55. The lowest BCUT2D eigenvalue weighted by Crippen LogP contribution is -2.54. The van der Waals surface area contributed by atoms with Crippen LogP contribution in [0.25, 0.3) is 0 Å². The van der Waals surface area contributed by atoms with Crippen LogP contribution in [0.2, 0.25) is 5.02 Å².